The van der Waals surface area contributed by atoms with Gasteiger partial charge in [-0.15, -0.1) is 0 Å². The molecule has 1 radical (unpaired) electrons. The number of nitrogens with one attached hydrogen (secondary N) is 6. The zero-order valence-corrected chi connectivity index (χ0v) is 35.1. The van der Waals surface area contributed by atoms with E-state index < -0.39 is 111 Å². The molecule has 9 rings (SSSR count). The molecule has 0 aromatic carbocycles. The molecule has 4 saturated carbocycles. The third-order valence-electron chi connectivity index (χ3n) is 15.4. The molecule has 6 N–H and O–H groups in total. The predicted molar refractivity (Wildman–Crippen MR) is 198 cm³/mol. The summed E-state index contributed by atoms with van der Waals surface area (Å²) in [6.07, 6.45) is -1.66. The summed E-state index contributed by atoms with van der Waals surface area (Å²) in [5.41, 5.74) is 0. The second-order valence-corrected chi connectivity index (χ2v) is 24.6. The van der Waals surface area contributed by atoms with Crippen LogP contribution in [0, 0.1) is 47.3 Å². The Hall–Kier alpha value is -0.174. The maximum atomic E-state index is 12.3. The molecule has 20 unspecified atom stereocenters. The summed E-state index contributed by atoms with van der Waals surface area (Å²) in [7, 11) is -18.4. The third kappa shape index (κ3) is 8.27. The second kappa shape index (κ2) is 15.6. The van der Waals surface area contributed by atoms with Gasteiger partial charge in [-0.2, -0.15) is 0 Å². The van der Waals surface area contributed by atoms with Crippen molar-refractivity contribution >= 4 is 40.5 Å². The van der Waals surface area contributed by atoms with Crippen molar-refractivity contribution in [2.45, 2.75) is 147 Å². The number of fused-ring (bicyclic) bond motifs is 20. The molecule has 20 atom stereocenters. The molecule has 57 heavy (non-hydrogen) atoms. The molecule has 0 aromatic rings. The molecule has 9 aliphatic rings. The summed E-state index contributed by atoms with van der Waals surface area (Å²) < 4.78 is 148. The molecule has 0 aromatic heterocycles. The topological polar surface area (TPSA) is 329 Å². The fourth-order valence-corrected chi connectivity index (χ4v) is 16.2. The first-order valence-corrected chi connectivity index (χ1v) is 25.9. The van der Waals surface area contributed by atoms with E-state index in [9.17, 15) is 51.9 Å². The largest absolute Gasteiger partial charge is 2.00 e. The summed E-state index contributed by atoms with van der Waals surface area (Å²) in [6.45, 7) is 0. The molecular weight excluding hydrogens is 876 g/mol. The standard InChI is InChI=1S/C32H54N8O12S4.Co/c41-53(42,43)13-1-5-17-21(9-13)29-33-25(17)37-30-22-10-14(54(44,45)46)2-6-18(22)27(34-30)39-32-24-12-16(56(50,51)52)4-8-20(24)28(36-32)40-31-23-11-15(55(47,48)49)3-7-19(23)26(35-31)38-29;/h13-35,37,39-40H,1-12H2,(H,41,42,43)(H,44,45,46)(H,47,48,49)(H,50,51,52);/q-2;+2. The van der Waals surface area contributed by atoms with E-state index in [0.717, 1.165) is 0 Å². The minimum Gasteiger partial charge on any atom is -0.748 e. The number of rotatable bonds is 4. The van der Waals surface area contributed by atoms with Crippen molar-refractivity contribution < 1.29 is 74.4 Å². The van der Waals surface area contributed by atoms with Gasteiger partial charge in [-0.25, -0.2) is 33.7 Å². The van der Waals surface area contributed by atoms with Crippen molar-refractivity contribution in [1.29, 1.82) is 0 Å². The second-order valence-electron chi connectivity index (χ2n) is 18.0. The van der Waals surface area contributed by atoms with E-state index in [1.807, 2.05) is 0 Å². The molecular formula is C32H54CoN8O12S4. The zero-order valence-electron chi connectivity index (χ0n) is 34.8. The average molecular weight is 930 g/mol. The van der Waals surface area contributed by atoms with Gasteiger partial charge in [0.2, 0.25) is 0 Å². The summed E-state index contributed by atoms with van der Waals surface area (Å²) in [4.78, 5) is 0. The summed E-state index contributed by atoms with van der Waals surface area (Å²) in [5.74, 6) is -2.11. The number of hydrogen-bond donors (Lipinski definition) is 6. The quantitative estimate of drug-likeness (QED) is 0.179. The van der Waals surface area contributed by atoms with Crippen molar-refractivity contribution in [3.05, 3.63) is 10.6 Å². The van der Waals surface area contributed by atoms with Gasteiger partial charge in [-0.3, -0.25) is 10.6 Å². The van der Waals surface area contributed by atoms with Crippen LogP contribution in [0.4, 0.5) is 0 Å². The van der Waals surface area contributed by atoms with E-state index in [1.165, 1.54) is 0 Å². The fraction of sp³-hybridized carbons (Fsp3) is 1.00. The van der Waals surface area contributed by atoms with Crippen LogP contribution >= 0.6 is 0 Å². The van der Waals surface area contributed by atoms with Gasteiger partial charge in [-0.05, 0) is 124 Å². The molecule has 9 fully saturated rings. The average Bonchev–Trinajstić information content (AvgIpc) is 3.84. The van der Waals surface area contributed by atoms with Crippen LogP contribution in [0.1, 0.15) is 82.8 Å². The fourth-order valence-electron chi connectivity index (χ4n) is 12.7. The van der Waals surface area contributed by atoms with Crippen LogP contribution in [-0.2, 0) is 57.3 Å². The van der Waals surface area contributed by atoms with Crippen molar-refractivity contribution in [2.24, 2.45) is 47.3 Å². The van der Waals surface area contributed by atoms with E-state index in [-0.39, 0.29) is 121 Å². The first kappa shape index (κ1) is 43.5. The SMILES string of the molecule is O=S(=O)([O-])C1CCC2C3[N-]C(NC4NC(NC5NC([N-]C6NC(N3)C3CC(S(=O)(=O)[O-])CCC63)C3CC(S(=O)(=O)[O-])CCC53)C3CC(S(=O)(=O)[O-])CCC43)C2C1.[Co+2].[H+].[H+].[H+].[H+]. The van der Waals surface area contributed by atoms with E-state index in [4.69, 9.17) is 10.6 Å². The van der Waals surface area contributed by atoms with Crippen LogP contribution < -0.4 is 31.9 Å². The van der Waals surface area contributed by atoms with Crippen molar-refractivity contribution in [1.82, 2.24) is 31.9 Å². The smallest absolute Gasteiger partial charge is 0.748 e. The van der Waals surface area contributed by atoms with Crippen LogP contribution in [0.3, 0.4) is 0 Å². The minimum atomic E-state index is -4.60. The van der Waals surface area contributed by atoms with Gasteiger partial charge in [0, 0.05) is 21.0 Å². The van der Waals surface area contributed by atoms with E-state index >= 15 is 0 Å². The van der Waals surface area contributed by atoms with E-state index in [1.54, 1.807) is 0 Å². The van der Waals surface area contributed by atoms with Gasteiger partial charge < -0.3 is 50.1 Å². The zero-order chi connectivity index (χ0) is 39.7. The third-order valence-corrected chi connectivity index (χ3v) is 20.3. The predicted octanol–water partition coefficient (Wildman–Crippen LogP) is -1.28. The summed E-state index contributed by atoms with van der Waals surface area (Å²) >= 11 is 0. The molecule has 5 heterocycles. The Labute approximate surface area is 350 Å². The molecule has 0 amide bonds. The first-order chi connectivity index (χ1) is 26.2. The van der Waals surface area contributed by atoms with Crippen LogP contribution in [0.2, 0.25) is 0 Å². The normalized spacial score (nSPS) is 50.2. The van der Waals surface area contributed by atoms with E-state index in [2.05, 4.69) is 31.9 Å². The molecule has 0 spiro atoms. The summed E-state index contributed by atoms with van der Waals surface area (Å²) in [5, 5.41) is 27.7. The Morgan fingerprint density at radius 3 is 0.982 bits per heavy atom. The van der Waals surface area contributed by atoms with Crippen LogP contribution in [0.5, 0.6) is 0 Å². The van der Waals surface area contributed by atoms with Crippen molar-refractivity contribution in [3.63, 3.8) is 0 Å². The Morgan fingerprint density at radius 2 is 0.596 bits per heavy atom. The van der Waals surface area contributed by atoms with Crippen LogP contribution in [0.25, 0.3) is 10.6 Å². The van der Waals surface area contributed by atoms with Gasteiger partial charge >= 0.3 is 22.5 Å². The van der Waals surface area contributed by atoms with Crippen molar-refractivity contribution in [3.8, 4) is 0 Å². The Bertz CT molecular complexity index is 1730. The molecule has 5 saturated heterocycles. The van der Waals surface area contributed by atoms with Crippen molar-refractivity contribution in [2.75, 3.05) is 0 Å². The van der Waals surface area contributed by atoms with Gasteiger partial charge in [0.05, 0.1) is 65.1 Å². The van der Waals surface area contributed by atoms with Gasteiger partial charge in [-0.1, -0.05) is 24.7 Å². The Kier molecular flexibility index (Phi) is 11.9. The van der Waals surface area contributed by atoms with Crippen LogP contribution in [0.15, 0.2) is 0 Å². The molecule has 5 aliphatic heterocycles. The maximum absolute atomic E-state index is 12.3. The number of nitrogens with zero attached hydrogens (tertiary/aromatic N) is 2. The molecule has 327 valence electrons. The molecule has 20 nitrogen and oxygen atoms in total. The maximum Gasteiger partial charge on any atom is 2.00 e. The first-order valence-electron chi connectivity index (χ1n) is 20.0. The Morgan fingerprint density at radius 1 is 0.351 bits per heavy atom. The van der Waals surface area contributed by atoms with Crippen LogP contribution in [-0.4, -0.2) is 122 Å². The van der Waals surface area contributed by atoms with Gasteiger partial charge in [0.25, 0.3) is 0 Å². The number of hydrogen-bond acceptors (Lipinski definition) is 18. The molecule has 4 aliphatic carbocycles. The monoisotopic (exact) mass is 929 g/mol. The molecule has 8 bridgehead atoms. The molecule has 25 heteroatoms. The summed E-state index contributed by atoms with van der Waals surface area (Å²) in [6, 6.07) is 0. The minimum absolute atomic E-state index is 0. The van der Waals surface area contributed by atoms with E-state index in [0.29, 0.717) is 25.7 Å². The van der Waals surface area contributed by atoms with Gasteiger partial charge in [0.15, 0.2) is 0 Å². The Balaban J connectivity index is 0.00000164. The van der Waals surface area contributed by atoms with Gasteiger partial charge in [0.1, 0.15) is 0 Å².